The summed E-state index contributed by atoms with van der Waals surface area (Å²) < 4.78 is 16.3. The summed E-state index contributed by atoms with van der Waals surface area (Å²) in [6.45, 7) is 3.26. The van der Waals surface area contributed by atoms with Gasteiger partial charge in [-0.25, -0.2) is 0 Å². The van der Waals surface area contributed by atoms with E-state index in [4.69, 9.17) is 25.8 Å². The topological polar surface area (TPSA) is 39.7 Å². The Labute approximate surface area is 126 Å². The van der Waals surface area contributed by atoms with Gasteiger partial charge in [-0.05, 0) is 19.5 Å². The first-order valence-electron chi connectivity index (χ1n) is 6.87. The van der Waals surface area contributed by atoms with Gasteiger partial charge < -0.3 is 19.5 Å². The molecule has 5 heteroatoms. The van der Waals surface area contributed by atoms with Gasteiger partial charge in [0.05, 0.1) is 19.3 Å². The van der Waals surface area contributed by atoms with E-state index in [0.717, 1.165) is 23.6 Å². The van der Waals surface area contributed by atoms with Crippen LogP contribution in [0, 0.1) is 0 Å². The maximum Gasteiger partial charge on any atom is 0.0964 e. The monoisotopic (exact) mass is 301 g/mol. The molecule has 20 heavy (non-hydrogen) atoms. The molecule has 0 heterocycles. The van der Waals surface area contributed by atoms with Crippen LogP contribution in [0.3, 0.4) is 0 Å². The number of halogens is 1. The van der Waals surface area contributed by atoms with Crippen LogP contribution in [-0.4, -0.2) is 47.1 Å². The predicted molar refractivity (Wildman–Crippen MR) is 81.4 cm³/mol. The van der Waals surface area contributed by atoms with Gasteiger partial charge in [-0.15, -0.1) is 0 Å². The van der Waals surface area contributed by atoms with Crippen molar-refractivity contribution in [1.82, 2.24) is 5.32 Å². The Hall–Kier alpha value is -0.650. The molecular weight excluding hydrogens is 278 g/mol. The minimum Gasteiger partial charge on any atom is -0.385 e. The largest absolute Gasteiger partial charge is 0.385 e. The van der Waals surface area contributed by atoms with Crippen molar-refractivity contribution < 1.29 is 14.2 Å². The highest BCUT2D eigenvalue weighted by Crippen LogP contribution is 2.24. The van der Waals surface area contributed by atoms with Crippen LogP contribution >= 0.6 is 11.6 Å². The molecule has 114 valence electrons. The number of benzene rings is 1. The molecule has 1 rings (SSSR count). The zero-order valence-corrected chi connectivity index (χ0v) is 13.0. The third-order valence-corrected chi connectivity index (χ3v) is 3.17. The van der Waals surface area contributed by atoms with Gasteiger partial charge in [-0.1, -0.05) is 29.8 Å². The summed E-state index contributed by atoms with van der Waals surface area (Å²) in [5.74, 6) is 0. The number of methoxy groups -OCH3 is 1. The van der Waals surface area contributed by atoms with Crippen LogP contribution in [0.2, 0.25) is 5.02 Å². The third kappa shape index (κ3) is 6.68. The molecule has 1 N–H and O–H groups in total. The minimum atomic E-state index is -0.0590. The molecule has 1 aromatic rings. The number of hydrogen-bond donors (Lipinski definition) is 1. The lowest BCUT2D eigenvalue weighted by atomic mass is 10.1. The van der Waals surface area contributed by atoms with Gasteiger partial charge in [0, 0.05) is 37.5 Å². The van der Waals surface area contributed by atoms with Crippen molar-refractivity contribution in [2.24, 2.45) is 0 Å². The molecule has 0 fully saturated rings. The van der Waals surface area contributed by atoms with Crippen molar-refractivity contribution >= 4 is 11.6 Å². The lowest BCUT2D eigenvalue weighted by Crippen LogP contribution is -2.21. The Bertz CT molecular complexity index is 363. The molecule has 4 nitrogen and oxygen atoms in total. The first kappa shape index (κ1) is 17.4. The quantitative estimate of drug-likeness (QED) is 0.638. The molecule has 1 unspecified atom stereocenters. The summed E-state index contributed by atoms with van der Waals surface area (Å²) >= 11 is 6.20. The van der Waals surface area contributed by atoms with Crippen molar-refractivity contribution in [3.63, 3.8) is 0 Å². The summed E-state index contributed by atoms with van der Waals surface area (Å²) in [7, 11) is 3.59. The molecule has 1 atom stereocenters. The van der Waals surface area contributed by atoms with Crippen molar-refractivity contribution in [3.05, 3.63) is 34.9 Å². The predicted octanol–water partition coefficient (Wildman–Crippen LogP) is 2.67. The molecule has 0 bridgehead atoms. The molecule has 0 spiro atoms. The molecule has 1 aromatic carbocycles. The van der Waals surface area contributed by atoms with Gasteiger partial charge in [0.15, 0.2) is 0 Å². The van der Waals surface area contributed by atoms with Gasteiger partial charge in [0.2, 0.25) is 0 Å². The lowest BCUT2D eigenvalue weighted by Gasteiger charge is -2.19. The molecule has 0 amide bonds. The highest BCUT2D eigenvalue weighted by molar-refractivity contribution is 6.31. The van der Waals surface area contributed by atoms with Gasteiger partial charge in [0.1, 0.15) is 0 Å². The Kier molecular flexibility index (Phi) is 9.62. The van der Waals surface area contributed by atoms with Crippen LogP contribution in [0.1, 0.15) is 18.1 Å². The zero-order chi connectivity index (χ0) is 14.6. The second kappa shape index (κ2) is 11.1. The molecule has 0 aliphatic heterocycles. The van der Waals surface area contributed by atoms with E-state index in [0.29, 0.717) is 26.4 Å². The molecule has 0 saturated carbocycles. The maximum absolute atomic E-state index is 6.20. The fourth-order valence-electron chi connectivity index (χ4n) is 1.84. The van der Waals surface area contributed by atoms with E-state index >= 15 is 0 Å². The van der Waals surface area contributed by atoms with Crippen LogP contribution in [0.25, 0.3) is 0 Å². The molecule has 0 aromatic heterocycles. The van der Waals surface area contributed by atoms with Crippen LogP contribution < -0.4 is 5.32 Å². The summed E-state index contributed by atoms with van der Waals surface area (Å²) in [5.41, 5.74) is 1.00. The highest BCUT2D eigenvalue weighted by Gasteiger charge is 2.13. The number of hydrogen-bond acceptors (Lipinski definition) is 4. The van der Waals surface area contributed by atoms with Gasteiger partial charge in [-0.3, -0.25) is 0 Å². The Balaban J connectivity index is 2.31. The highest BCUT2D eigenvalue weighted by atomic mass is 35.5. The smallest absolute Gasteiger partial charge is 0.0964 e. The van der Waals surface area contributed by atoms with Crippen LogP contribution in [0.5, 0.6) is 0 Å². The van der Waals surface area contributed by atoms with Crippen molar-refractivity contribution in [1.29, 1.82) is 0 Å². The van der Waals surface area contributed by atoms with Crippen molar-refractivity contribution in [2.75, 3.05) is 47.1 Å². The van der Waals surface area contributed by atoms with Crippen LogP contribution in [-0.2, 0) is 14.2 Å². The van der Waals surface area contributed by atoms with Gasteiger partial charge >= 0.3 is 0 Å². The first-order chi connectivity index (χ1) is 9.79. The average molecular weight is 302 g/mol. The summed E-state index contributed by atoms with van der Waals surface area (Å²) in [4.78, 5) is 0. The second-order valence-electron chi connectivity index (χ2n) is 4.40. The number of likely N-dealkylation sites (N-methyl/N-ethyl adjacent to an activating group) is 1. The van der Waals surface area contributed by atoms with E-state index in [9.17, 15) is 0 Å². The first-order valence-corrected chi connectivity index (χ1v) is 7.24. The molecule has 0 radical (unpaired) electrons. The number of ether oxygens (including phenoxy) is 3. The van der Waals surface area contributed by atoms with Crippen molar-refractivity contribution in [3.8, 4) is 0 Å². The lowest BCUT2D eigenvalue weighted by molar-refractivity contribution is 0.00145. The van der Waals surface area contributed by atoms with Gasteiger partial charge in [0.25, 0.3) is 0 Å². The average Bonchev–Trinajstić information content (AvgIpc) is 2.46. The van der Waals surface area contributed by atoms with E-state index in [1.807, 2.05) is 31.3 Å². The number of nitrogens with one attached hydrogen (secondary N) is 1. The molecule has 0 aliphatic carbocycles. The molecule has 0 saturated heterocycles. The van der Waals surface area contributed by atoms with Crippen LogP contribution in [0.15, 0.2) is 24.3 Å². The maximum atomic E-state index is 6.20. The van der Waals surface area contributed by atoms with Crippen molar-refractivity contribution in [2.45, 2.75) is 12.5 Å². The summed E-state index contributed by atoms with van der Waals surface area (Å²) in [6, 6.07) is 7.75. The normalized spacial score (nSPS) is 12.6. The zero-order valence-electron chi connectivity index (χ0n) is 12.2. The fourth-order valence-corrected chi connectivity index (χ4v) is 2.09. The fraction of sp³-hybridized carbons (Fsp3) is 0.600. The SMILES string of the molecule is CNCC(OCCOCCCOC)c1ccccc1Cl. The number of rotatable bonds is 11. The van der Waals surface area contributed by atoms with Gasteiger partial charge in [-0.2, -0.15) is 0 Å². The van der Waals surface area contributed by atoms with E-state index < -0.39 is 0 Å². The van der Waals surface area contributed by atoms with E-state index in [-0.39, 0.29) is 6.10 Å². The van der Waals surface area contributed by atoms with Crippen LogP contribution in [0.4, 0.5) is 0 Å². The van der Waals surface area contributed by atoms with E-state index in [1.54, 1.807) is 7.11 Å². The molecular formula is C15H24ClNO3. The summed E-state index contributed by atoms with van der Waals surface area (Å²) in [6.07, 6.45) is 0.845. The standard InChI is InChI=1S/C15H24ClNO3/c1-17-12-15(13-6-3-4-7-14(13)16)20-11-10-19-9-5-8-18-2/h3-4,6-7,15,17H,5,8-12H2,1-2H3. The minimum absolute atomic E-state index is 0.0590. The third-order valence-electron chi connectivity index (χ3n) is 2.83. The van der Waals surface area contributed by atoms with E-state index in [1.165, 1.54) is 0 Å². The Morgan fingerprint density at radius 1 is 1.15 bits per heavy atom. The van der Waals surface area contributed by atoms with E-state index in [2.05, 4.69) is 5.32 Å². The second-order valence-corrected chi connectivity index (χ2v) is 4.80. The Morgan fingerprint density at radius 3 is 2.65 bits per heavy atom. The Morgan fingerprint density at radius 2 is 1.95 bits per heavy atom. The summed E-state index contributed by atoms with van der Waals surface area (Å²) in [5, 5.41) is 3.85. The molecule has 0 aliphatic rings.